The van der Waals surface area contributed by atoms with Gasteiger partial charge in [0.1, 0.15) is 0 Å². The number of fused-ring (bicyclic) bond motifs is 1. The molecular weight excluding hydrogens is 262 g/mol. The maximum Gasteiger partial charge on any atom is 0.254 e. The van der Waals surface area contributed by atoms with Crippen LogP contribution < -0.4 is 0 Å². The van der Waals surface area contributed by atoms with Gasteiger partial charge in [-0.1, -0.05) is 18.9 Å². The summed E-state index contributed by atoms with van der Waals surface area (Å²) in [6.07, 6.45) is 8.23. The Hall–Kier alpha value is -1.35. The first-order valence-corrected chi connectivity index (χ1v) is 8.31. The van der Waals surface area contributed by atoms with E-state index in [1.165, 1.54) is 36.8 Å². The van der Waals surface area contributed by atoms with Crippen molar-refractivity contribution in [2.75, 3.05) is 19.7 Å². The molecule has 0 bridgehead atoms. The van der Waals surface area contributed by atoms with Crippen LogP contribution in [0.25, 0.3) is 0 Å². The molecule has 1 amide bonds. The van der Waals surface area contributed by atoms with Gasteiger partial charge in [-0.25, -0.2) is 0 Å². The van der Waals surface area contributed by atoms with Gasteiger partial charge in [-0.2, -0.15) is 0 Å². The summed E-state index contributed by atoms with van der Waals surface area (Å²) in [6, 6.07) is 6.30. The number of ether oxygens (including phenoxy) is 1. The predicted octanol–water partition coefficient (Wildman–Crippen LogP) is 2.96. The maximum absolute atomic E-state index is 12.8. The van der Waals surface area contributed by atoms with Crippen LogP contribution in [0.4, 0.5) is 0 Å². The minimum absolute atomic E-state index is 0.0371. The van der Waals surface area contributed by atoms with Gasteiger partial charge in [0.2, 0.25) is 0 Å². The SMILES string of the molecule is O=C(c1ccc2c(c1)CCC2)N1CCOC2(CCCC2)C1. The zero-order valence-electron chi connectivity index (χ0n) is 12.6. The number of benzene rings is 1. The van der Waals surface area contributed by atoms with Crippen molar-refractivity contribution < 1.29 is 9.53 Å². The molecule has 1 aromatic rings. The third-order valence-electron chi connectivity index (χ3n) is 5.40. The highest BCUT2D eigenvalue weighted by atomic mass is 16.5. The first-order valence-electron chi connectivity index (χ1n) is 8.31. The molecule has 112 valence electrons. The molecule has 0 radical (unpaired) electrons. The molecule has 2 aliphatic carbocycles. The van der Waals surface area contributed by atoms with E-state index in [0.717, 1.165) is 37.9 Å². The van der Waals surface area contributed by atoms with Crippen molar-refractivity contribution in [2.45, 2.75) is 50.5 Å². The van der Waals surface area contributed by atoms with E-state index in [1.54, 1.807) is 0 Å². The van der Waals surface area contributed by atoms with Crippen molar-refractivity contribution in [3.63, 3.8) is 0 Å². The lowest BCUT2D eigenvalue weighted by Crippen LogP contribution is -2.52. The van der Waals surface area contributed by atoms with Crippen LogP contribution >= 0.6 is 0 Å². The number of carbonyl (C=O) groups excluding carboxylic acids is 1. The Morgan fingerprint density at radius 1 is 1.10 bits per heavy atom. The molecule has 1 heterocycles. The van der Waals surface area contributed by atoms with Crippen LogP contribution in [0.2, 0.25) is 0 Å². The summed E-state index contributed by atoms with van der Waals surface area (Å²) in [6.45, 7) is 2.21. The molecule has 1 aromatic carbocycles. The predicted molar refractivity (Wildman–Crippen MR) is 81.5 cm³/mol. The van der Waals surface area contributed by atoms with E-state index in [9.17, 15) is 4.79 Å². The number of rotatable bonds is 1. The Kier molecular flexibility index (Phi) is 3.26. The summed E-state index contributed by atoms with van der Waals surface area (Å²) in [5.74, 6) is 0.194. The molecule has 4 rings (SSSR count). The lowest BCUT2D eigenvalue weighted by atomic mass is 9.98. The van der Waals surface area contributed by atoms with Crippen molar-refractivity contribution in [1.29, 1.82) is 0 Å². The molecule has 21 heavy (non-hydrogen) atoms. The molecule has 1 saturated carbocycles. The van der Waals surface area contributed by atoms with Crippen LogP contribution in [-0.4, -0.2) is 36.1 Å². The molecule has 0 aromatic heterocycles. The molecule has 1 spiro atoms. The molecule has 0 unspecified atom stereocenters. The highest BCUT2D eigenvalue weighted by Gasteiger charge is 2.40. The standard InChI is InChI=1S/C18H23NO2/c20-17(16-7-6-14-4-3-5-15(14)12-16)19-10-11-21-18(13-19)8-1-2-9-18/h6-7,12H,1-5,8-11,13H2. The summed E-state index contributed by atoms with van der Waals surface area (Å²) in [7, 11) is 0. The zero-order chi connectivity index (χ0) is 14.3. The third kappa shape index (κ3) is 2.38. The Morgan fingerprint density at radius 2 is 1.90 bits per heavy atom. The fourth-order valence-electron chi connectivity index (χ4n) is 4.23. The molecule has 3 heteroatoms. The molecule has 0 atom stereocenters. The monoisotopic (exact) mass is 285 g/mol. The van der Waals surface area contributed by atoms with Gasteiger partial charge in [0.25, 0.3) is 5.91 Å². The van der Waals surface area contributed by atoms with Crippen molar-refractivity contribution in [3.05, 3.63) is 34.9 Å². The number of hydrogen-bond donors (Lipinski definition) is 0. The van der Waals surface area contributed by atoms with Crippen molar-refractivity contribution >= 4 is 5.91 Å². The number of aryl methyl sites for hydroxylation is 2. The first kappa shape index (κ1) is 13.3. The number of carbonyl (C=O) groups is 1. The maximum atomic E-state index is 12.8. The average molecular weight is 285 g/mol. The lowest BCUT2D eigenvalue weighted by molar-refractivity contribution is -0.0948. The number of nitrogens with zero attached hydrogens (tertiary/aromatic N) is 1. The van der Waals surface area contributed by atoms with Crippen LogP contribution in [0, 0.1) is 0 Å². The van der Waals surface area contributed by atoms with E-state index in [4.69, 9.17) is 4.74 Å². The van der Waals surface area contributed by atoms with Crippen molar-refractivity contribution in [2.24, 2.45) is 0 Å². The van der Waals surface area contributed by atoms with Crippen molar-refractivity contribution in [1.82, 2.24) is 4.90 Å². The molecule has 3 nitrogen and oxygen atoms in total. The summed E-state index contributed by atoms with van der Waals surface area (Å²) < 4.78 is 6.02. The fourth-order valence-corrected chi connectivity index (χ4v) is 4.23. The highest BCUT2D eigenvalue weighted by molar-refractivity contribution is 5.94. The number of hydrogen-bond acceptors (Lipinski definition) is 2. The van der Waals surface area contributed by atoms with Crippen LogP contribution in [0.15, 0.2) is 18.2 Å². The van der Waals surface area contributed by atoms with Gasteiger partial charge in [-0.15, -0.1) is 0 Å². The summed E-state index contributed by atoms with van der Waals surface area (Å²) in [4.78, 5) is 14.8. The Balaban J connectivity index is 1.54. The zero-order valence-corrected chi connectivity index (χ0v) is 12.6. The van der Waals surface area contributed by atoms with Gasteiger partial charge < -0.3 is 9.64 Å². The van der Waals surface area contributed by atoms with Gasteiger partial charge in [0, 0.05) is 12.1 Å². The Morgan fingerprint density at radius 3 is 2.76 bits per heavy atom. The molecule has 0 N–H and O–H groups in total. The van der Waals surface area contributed by atoms with Gasteiger partial charge >= 0.3 is 0 Å². The second kappa shape index (κ2) is 5.13. The molecule has 2 fully saturated rings. The van der Waals surface area contributed by atoms with Crippen LogP contribution in [0.3, 0.4) is 0 Å². The molecular formula is C18H23NO2. The van der Waals surface area contributed by atoms with Gasteiger partial charge in [-0.05, 0) is 55.4 Å². The van der Waals surface area contributed by atoms with Gasteiger partial charge in [-0.3, -0.25) is 4.79 Å². The van der Waals surface area contributed by atoms with E-state index >= 15 is 0 Å². The van der Waals surface area contributed by atoms with Crippen LogP contribution in [0.5, 0.6) is 0 Å². The highest BCUT2D eigenvalue weighted by Crippen LogP contribution is 2.36. The van der Waals surface area contributed by atoms with E-state index in [1.807, 2.05) is 11.0 Å². The summed E-state index contributed by atoms with van der Waals surface area (Å²) in [5.41, 5.74) is 3.64. The Bertz CT molecular complexity index is 560. The van der Waals surface area contributed by atoms with Crippen LogP contribution in [0.1, 0.15) is 53.6 Å². The minimum atomic E-state index is -0.0371. The van der Waals surface area contributed by atoms with E-state index in [0.29, 0.717) is 6.61 Å². The van der Waals surface area contributed by atoms with Crippen molar-refractivity contribution in [3.8, 4) is 0 Å². The average Bonchev–Trinajstić information content (AvgIpc) is 3.15. The minimum Gasteiger partial charge on any atom is -0.371 e. The second-order valence-electron chi connectivity index (χ2n) is 6.80. The van der Waals surface area contributed by atoms with Crippen LogP contribution in [-0.2, 0) is 17.6 Å². The smallest absolute Gasteiger partial charge is 0.254 e. The number of morpholine rings is 1. The third-order valence-corrected chi connectivity index (χ3v) is 5.40. The fraction of sp³-hybridized carbons (Fsp3) is 0.611. The topological polar surface area (TPSA) is 29.5 Å². The summed E-state index contributed by atoms with van der Waals surface area (Å²) in [5, 5.41) is 0. The summed E-state index contributed by atoms with van der Waals surface area (Å²) >= 11 is 0. The first-order chi connectivity index (χ1) is 10.3. The lowest BCUT2D eigenvalue weighted by Gasteiger charge is -2.40. The Labute approximate surface area is 126 Å². The van der Waals surface area contributed by atoms with Gasteiger partial charge in [0.15, 0.2) is 0 Å². The second-order valence-corrected chi connectivity index (χ2v) is 6.80. The molecule has 1 saturated heterocycles. The van der Waals surface area contributed by atoms with E-state index < -0.39 is 0 Å². The molecule has 3 aliphatic rings. The van der Waals surface area contributed by atoms with Gasteiger partial charge in [0.05, 0.1) is 18.8 Å². The number of amides is 1. The van der Waals surface area contributed by atoms with E-state index in [2.05, 4.69) is 12.1 Å². The largest absolute Gasteiger partial charge is 0.371 e. The molecule has 1 aliphatic heterocycles. The quantitative estimate of drug-likeness (QED) is 0.794. The normalized spacial score (nSPS) is 23.5. The van der Waals surface area contributed by atoms with E-state index in [-0.39, 0.29) is 11.5 Å².